The van der Waals surface area contributed by atoms with Gasteiger partial charge in [0, 0.05) is 43.9 Å². The van der Waals surface area contributed by atoms with Crippen molar-refractivity contribution in [2.45, 2.75) is 46.7 Å². The monoisotopic (exact) mass is 345 g/mol. The quantitative estimate of drug-likeness (QED) is 0.565. The lowest BCUT2D eigenvalue weighted by Gasteiger charge is -2.14. The third kappa shape index (κ3) is 4.95. The fourth-order valence-corrected chi connectivity index (χ4v) is 2.53. The van der Waals surface area contributed by atoms with Crippen molar-refractivity contribution in [2.75, 3.05) is 13.7 Å². The molecule has 7 heteroatoms. The standard InChI is InChI=1S/C18H27N5O2/c1-5-15-14(16(6-2)25-23-15)12-22-18(19-4)21-11-13-9-8-10-20-17(13)24-7-3/h8-10H,5-7,11-12H2,1-4H3,(H2,19,21,22). The van der Waals surface area contributed by atoms with Gasteiger partial charge in [-0.15, -0.1) is 0 Å². The lowest BCUT2D eigenvalue weighted by molar-refractivity contribution is 0.322. The Morgan fingerprint density at radius 2 is 2.00 bits per heavy atom. The van der Waals surface area contributed by atoms with Crippen LogP contribution < -0.4 is 15.4 Å². The van der Waals surface area contributed by atoms with E-state index in [4.69, 9.17) is 9.26 Å². The van der Waals surface area contributed by atoms with Crippen LogP contribution in [0.2, 0.25) is 0 Å². The Kier molecular flexibility index (Phi) is 7.25. The second kappa shape index (κ2) is 9.66. The highest BCUT2D eigenvalue weighted by molar-refractivity contribution is 5.79. The van der Waals surface area contributed by atoms with Crippen molar-refractivity contribution >= 4 is 5.96 Å². The largest absolute Gasteiger partial charge is 0.478 e. The van der Waals surface area contributed by atoms with Crippen LogP contribution in [-0.2, 0) is 25.9 Å². The maximum absolute atomic E-state index is 5.55. The SMILES string of the molecule is CCOc1ncccc1CNC(=NC)NCc1c(CC)noc1CC. The Balaban J connectivity index is 1.97. The molecular formula is C18H27N5O2. The van der Waals surface area contributed by atoms with E-state index in [1.165, 1.54) is 0 Å². The Labute approximate surface area is 148 Å². The van der Waals surface area contributed by atoms with Gasteiger partial charge in [-0.05, 0) is 19.4 Å². The maximum Gasteiger partial charge on any atom is 0.218 e. The van der Waals surface area contributed by atoms with Crippen LogP contribution in [0.5, 0.6) is 5.88 Å². The normalized spacial score (nSPS) is 11.4. The number of hydrogen-bond donors (Lipinski definition) is 2. The average Bonchev–Trinajstić information content (AvgIpc) is 3.05. The molecule has 0 saturated heterocycles. The third-order valence-electron chi connectivity index (χ3n) is 3.84. The van der Waals surface area contributed by atoms with E-state index in [2.05, 4.69) is 39.6 Å². The number of ether oxygens (including phenoxy) is 1. The van der Waals surface area contributed by atoms with E-state index in [9.17, 15) is 0 Å². The number of guanidine groups is 1. The van der Waals surface area contributed by atoms with Gasteiger partial charge in [-0.3, -0.25) is 4.99 Å². The molecule has 2 aromatic heterocycles. The minimum atomic E-state index is 0.577. The van der Waals surface area contributed by atoms with Crippen molar-refractivity contribution in [3.63, 3.8) is 0 Å². The summed E-state index contributed by atoms with van der Waals surface area (Å²) in [6, 6.07) is 3.89. The molecule has 2 aromatic rings. The van der Waals surface area contributed by atoms with Gasteiger partial charge in [-0.1, -0.05) is 25.1 Å². The highest BCUT2D eigenvalue weighted by atomic mass is 16.5. The summed E-state index contributed by atoms with van der Waals surface area (Å²) in [4.78, 5) is 8.53. The molecule has 0 amide bonds. The summed E-state index contributed by atoms with van der Waals surface area (Å²) in [5.74, 6) is 2.27. The predicted octanol–water partition coefficient (Wildman–Crippen LogP) is 2.46. The molecule has 2 heterocycles. The second-order valence-corrected chi connectivity index (χ2v) is 5.42. The maximum atomic E-state index is 5.55. The van der Waals surface area contributed by atoms with Gasteiger partial charge in [0.1, 0.15) is 5.76 Å². The first-order valence-electron chi connectivity index (χ1n) is 8.70. The van der Waals surface area contributed by atoms with Crippen LogP contribution in [0.15, 0.2) is 27.8 Å². The van der Waals surface area contributed by atoms with Crippen molar-refractivity contribution < 1.29 is 9.26 Å². The summed E-state index contributed by atoms with van der Waals surface area (Å²) in [5, 5.41) is 10.7. The fraction of sp³-hybridized carbons (Fsp3) is 0.500. The first-order chi connectivity index (χ1) is 12.2. The number of hydrogen-bond acceptors (Lipinski definition) is 5. The Morgan fingerprint density at radius 1 is 1.20 bits per heavy atom. The zero-order valence-corrected chi connectivity index (χ0v) is 15.4. The number of aliphatic imine (C=N–C) groups is 1. The van der Waals surface area contributed by atoms with Gasteiger partial charge in [0.2, 0.25) is 5.88 Å². The zero-order valence-electron chi connectivity index (χ0n) is 15.4. The van der Waals surface area contributed by atoms with E-state index in [0.717, 1.165) is 35.4 Å². The Bertz CT molecular complexity index is 675. The molecule has 0 aromatic carbocycles. The Hall–Kier alpha value is -2.57. The molecule has 2 rings (SSSR count). The molecule has 7 nitrogen and oxygen atoms in total. The summed E-state index contributed by atoms with van der Waals surface area (Å²) in [6.45, 7) is 7.88. The van der Waals surface area contributed by atoms with Crippen LogP contribution in [0.25, 0.3) is 0 Å². The van der Waals surface area contributed by atoms with Gasteiger partial charge in [-0.25, -0.2) is 4.98 Å². The number of nitrogens with one attached hydrogen (secondary N) is 2. The molecule has 2 N–H and O–H groups in total. The average molecular weight is 345 g/mol. The predicted molar refractivity (Wildman–Crippen MR) is 97.7 cm³/mol. The molecule has 0 aliphatic rings. The lowest BCUT2D eigenvalue weighted by Crippen LogP contribution is -2.36. The van der Waals surface area contributed by atoms with Crippen LogP contribution >= 0.6 is 0 Å². The van der Waals surface area contributed by atoms with Crippen LogP contribution in [0.1, 0.15) is 43.4 Å². The highest BCUT2D eigenvalue weighted by Gasteiger charge is 2.13. The highest BCUT2D eigenvalue weighted by Crippen LogP contribution is 2.16. The van der Waals surface area contributed by atoms with E-state index < -0.39 is 0 Å². The van der Waals surface area contributed by atoms with E-state index in [0.29, 0.717) is 31.5 Å². The van der Waals surface area contributed by atoms with E-state index in [1.807, 2.05) is 19.1 Å². The summed E-state index contributed by atoms with van der Waals surface area (Å²) in [5.41, 5.74) is 3.09. The fourth-order valence-electron chi connectivity index (χ4n) is 2.53. The smallest absolute Gasteiger partial charge is 0.218 e. The number of rotatable bonds is 8. The minimum absolute atomic E-state index is 0.577. The van der Waals surface area contributed by atoms with Crippen LogP contribution in [0, 0.1) is 0 Å². The molecule has 0 aliphatic carbocycles. The van der Waals surface area contributed by atoms with Crippen LogP contribution in [0.4, 0.5) is 0 Å². The van der Waals surface area contributed by atoms with Gasteiger partial charge in [0.25, 0.3) is 0 Å². The lowest BCUT2D eigenvalue weighted by atomic mass is 10.1. The summed E-state index contributed by atoms with van der Waals surface area (Å²) >= 11 is 0. The van der Waals surface area contributed by atoms with Gasteiger partial charge in [0.15, 0.2) is 5.96 Å². The molecule has 136 valence electrons. The number of aromatic nitrogens is 2. The van der Waals surface area contributed by atoms with Gasteiger partial charge >= 0.3 is 0 Å². The molecule has 0 spiro atoms. The molecule has 0 bridgehead atoms. The molecule has 0 unspecified atom stereocenters. The molecule has 0 fully saturated rings. The van der Waals surface area contributed by atoms with E-state index >= 15 is 0 Å². The molecule has 0 radical (unpaired) electrons. The molecular weight excluding hydrogens is 318 g/mol. The van der Waals surface area contributed by atoms with Crippen LogP contribution in [-0.4, -0.2) is 29.8 Å². The van der Waals surface area contributed by atoms with Crippen molar-refractivity contribution in [1.29, 1.82) is 0 Å². The number of aryl methyl sites for hydroxylation is 2. The van der Waals surface area contributed by atoms with E-state index in [-0.39, 0.29) is 0 Å². The Morgan fingerprint density at radius 3 is 2.68 bits per heavy atom. The molecule has 0 saturated carbocycles. The van der Waals surface area contributed by atoms with Gasteiger partial charge < -0.3 is 19.9 Å². The number of pyridine rings is 1. The zero-order chi connectivity index (χ0) is 18.1. The number of nitrogens with zero attached hydrogens (tertiary/aromatic N) is 3. The van der Waals surface area contributed by atoms with E-state index in [1.54, 1.807) is 13.2 Å². The third-order valence-corrected chi connectivity index (χ3v) is 3.84. The molecule has 0 aliphatic heterocycles. The van der Waals surface area contributed by atoms with Crippen molar-refractivity contribution in [1.82, 2.24) is 20.8 Å². The molecule has 0 atom stereocenters. The second-order valence-electron chi connectivity index (χ2n) is 5.42. The first-order valence-corrected chi connectivity index (χ1v) is 8.70. The van der Waals surface area contributed by atoms with Crippen molar-refractivity contribution in [3.8, 4) is 5.88 Å². The first kappa shape index (κ1) is 18.8. The summed E-state index contributed by atoms with van der Waals surface area (Å²) in [6.07, 6.45) is 3.40. The van der Waals surface area contributed by atoms with Gasteiger partial charge in [-0.2, -0.15) is 0 Å². The van der Waals surface area contributed by atoms with Crippen LogP contribution in [0.3, 0.4) is 0 Å². The van der Waals surface area contributed by atoms with Crippen molar-refractivity contribution in [3.05, 3.63) is 40.9 Å². The summed E-state index contributed by atoms with van der Waals surface area (Å²) < 4.78 is 10.9. The van der Waals surface area contributed by atoms with Crippen molar-refractivity contribution in [2.24, 2.45) is 4.99 Å². The topological polar surface area (TPSA) is 84.6 Å². The molecule has 25 heavy (non-hydrogen) atoms. The van der Waals surface area contributed by atoms with Gasteiger partial charge in [0.05, 0.1) is 12.3 Å². The minimum Gasteiger partial charge on any atom is -0.478 e. The summed E-state index contributed by atoms with van der Waals surface area (Å²) in [7, 11) is 1.75.